The van der Waals surface area contributed by atoms with E-state index in [1.54, 1.807) is 0 Å². The lowest BCUT2D eigenvalue weighted by Crippen LogP contribution is -2.04. The van der Waals surface area contributed by atoms with Gasteiger partial charge in [0.1, 0.15) is 5.75 Å². The molecule has 170 valence electrons. The number of nitriles is 1. The van der Waals surface area contributed by atoms with E-state index >= 15 is 0 Å². The molecule has 35 heavy (non-hydrogen) atoms. The SMILES string of the molecule is Cc1cccc(-c2ccccc2Oc2ccc(Cn3cncc3Cc3ccc(C#N)cc3)cn2)c1. The third-order valence-corrected chi connectivity index (χ3v) is 5.85. The molecular weight excluding hydrogens is 432 g/mol. The van der Waals surface area contributed by atoms with Crippen LogP contribution in [0.25, 0.3) is 11.1 Å². The number of ether oxygens (including phenoxy) is 1. The van der Waals surface area contributed by atoms with Crippen molar-refractivity contribution >= 4 is 0 Å². The van der Waals surface area contributed by atoms with E-state index in [0.717, 1.165) is 40.1 Å². The molecule has 0 fully saturated rings. The smallest absolute Gasteiger partial charge is 0.219 e. The number of hydrogen-bond acceptors (Lipinski definition) is 4. The average Bonchev–Trinajstić information content (AvgIpc) is 3.32. The molecule has 0 N–H and O–H groups in total. The first-order chi connectivity index (χ1) is 17.2. The Hall–Kier alpha value is -4.69. The van der Waals surface area contributed by atoms with Gasteiger partial charge in [0.05, 0.1) is 24.5 Å². The molecule has 0 saturated carbocycles. The normalized spacial score (nSPS) is 10.6. The van der Waals surface area contributed by atoms with Crippen LogP contribution in [0, 0.1) is 18.3 Å². The van der Waals surface area contributed by atoms with Gasteiger partial charge < -0.3 is 9.30 Å². The van der Waals surface area contributed by atoms with Crippen molar-refractivity contribution in [1.29, 1.82) is 5.26 Å². The minimum absolute atomic E-state index is 0.553. The molecule has 0 spiro atoms. The van der Waals surface area contributed by atoms with Gasteiger partial charge in [-0.1, -0.05) is 66.2 Å². The molecule has 0 aliphatic carbocycles. The maximum atomic E-state index is 8.99. The van der Waals surface area contributed by atoms with Crippen molar-refractivity contribution < 1.29 is 4.74 Å². The van der Waals surface area contributed by atoms with E-state index in [1.165, 1.54) is 5.56 Å². The van der Waals surface area contributed by atoms with Crippen LogP contribution in [0.5, 0.6) is 11.6 Å². The first-order valence-corrected chi connectivity index (χ1v) is 11.4. The maximum Gasteiger partial charge on any atom is 0.219 e. The van der Waals surface area contributed by atoms with Gasteiger partial charge >= 0.3 is 0 Å². The molecule has 0 saturated heterocycles. The van der Waals surface area contributed by atoms with Crippen molar-refractivity contribution in [2.45, 2.75) is 19.9 Å². The van der Waals surface area contributed by atoms with E-state index in [0.29, 0.717) is 18.0 Å². The lowest BCUT2D eigenvalue weighted by Gasteiger charge is -2.12. The van der Waals surface area contributed by atoms with E-state index in [-0.39, 0.29) is 0 Å². The molecule has 5 heteroatoms. The maximum absolute atomic E-state index is 8.99. The van der Waals surface area contributed by atoms with E-state index < -0.39 is 0 Å². The highest BCUT2D eigenvalue weighted by molar-refractivity contribution is 5.71. The van der Waals surface area contributed by atoms with Crippen molar-refractivity contribution in [2.24, 2.45) is 0 Å². The molecule has 5 aromatic rings. The summed E-state index contributed by atoms with van der Waals surface area (Å²) in [6.07, 6.45) is 6.30. The quantitative estimate of drug-likeness (QED) is 0.278. The average molecular weight is 457 g/mol. The molecule has 2 aromatic heterocycles. The second-order valence-corrected chi connectivity index (χ2v) is 8.47. The zero-order chi connectivity index (χ0) is 24.0. The van der Waals surface area contributed by atoms with Crippen LogP contribution >= 0.6 is 0 Å². The topological polar surface area (TPSA) is 63.7 Å². The van der Waals surface area contributed by atoms with Gasteiger partial charge in [0.25, 0.3) is 0 Å². The molecule has 5 nitrogen and oxygen atoms in total. The van der Waals surface area contributed by atoms with Crippen molar-refractivity contribution in [3.8, 4) is 28.8 Å². The van der Waals surface area contributed by atoms with Crippen LogP contribution < -0.4 is 4.74 Å². The molecule has 0 aliphatic heterocycles. The summed E-state index contributed by atoms with van der Waals surface area (Å²) in [4.78, 5) is 8.88. The van der Waals surface area contributed by atoms with E-state index in [4.69, 9.17) is 10.00 Å². The Balaban J connectivity index is 1.29. The molecule has 0 radical (unpaired) electrons. The number of para-hydroxylation sites is 1. The number of aromatic nitrogens is 3. The van der Waals surface area contributed by atoms with Gasteiger partial charge in [0.2, 0.25) is 5.88 Å². The number of pyridine rings is 1. The van der Waals surface area contributed by atoms with Gasteiger partial charge in [-0.25, -0.2) is 9.97 Å². The Morgan fingerprint density at radius 2 is 1.71 bits per heavy atom. The van der Waals surface area contributed by atoms with Gasteiger partial charge in [-0.3, -0.25) is 0 Å². The third kappa shape index (κ3) is 5.29. The summed E-state index contributed by atoms with van der Waals surface area (Å²) in [5.41, 5.74) is 7.32. The Morgan fingerprint density at radius 1 is 0.886 bits per heavy atom. The van der Waals surface area contributed by atoms with Gasteiger partial charge in [-0.15, -0.1) is 0 Å². The highest BCUT2D eigenvalue weighted by atomic mass is 16.5. The van der Waals surface area contributed by atoms with Crippen LogP contribution in [0.4, 0.5) is 0 Å². The van der Waals surface area contributed by atoms with Gasteiger partial charge in [-0.05, 0) is 41.8 Å². The molecule has 0 amide bonds. The summed E-state index contributed by atoms with van der Waals surface area (Å²) in [6, 6.07) is 30.1. The molecule has 5 rings (SSSR count). The Labute approximate surface area is 204 Å². The summed E-state index contributed by atoms with van der Waals surface area (Å²) in [5.74, 6) is 1.33. The molecule has 0 unspecified atom stereocenters. The van der Waals surface area contributed by atoms with Crippen molar-refractivity contribution in [1.82, 2.24) is 14.5 Å². The van der Waals surface area contributed by atoms with E-state index in [9.17, 15) is 0 Å². The van der Waals surface area contributed by atoms with Crippen molar-refractivity contribution in [3.63, 3.8) is 0 Å². The number of nitrogens with zero attached hydrogens (tertiary/aromatic N) is 4. The number of hydrogen-bond donors (Lipinski definition) is 0. The fourth-order valence-corrected chi connectivity index (χ4v) is 4.02. The second-order valence-electron chi connectivity index (χ2n) is 8.47. The van der Waals surface area contributed by atoms with Gasteiger partial charge in [-0.2, -0.15) is 5.26 Å². The lowest BCUT2D eigenvalue weighted by molar-refractivity contribution is 0.464. The van der Waals surface area contributed by atoms with E-state index in [2.05, 4.69) is 57.9 Å². The predicted molar refractivity (Wildman–Crippen MR) is 136 cm³/mol. The highest BCUT2D eigenvalue weighted by Gasteiger charge is 2.09. The summed E-state index contributed by atoms with van der Waals surface area (Å²) >= 11 is 0. The Kier molecular flexibility index (Phi) is 6.36. The van der Waals surface area contributed by atoms with Crippen LogP contribution in [0.2, 0.25) is 0 Å². The van der Waals surface area contributed by atoms with E-state index in [1.807, 2.05) is 73.3 Å². The first kappa shape index (κ1) is 22.1. The summed E-state index contributed by atoms with van der Waals surface area (Å²) < 4.78 is 8.28. The Morgan fingerprint density at radius 3 is 2.49 bits per heavy atom. The molecule has 0 atom stereocenters. The standard InChI is InChI=1S/C30H24N4O/c1-22-5-4-6-26(15-22)28-7-2-3-8-29(28)35-30-14-13-25(18-33-30)20-34-21-32-19-27(34)16-23-9-11-24(17-31)12-10-23/h2-15,18-19,21H,16,20H2,1H3. The minimum Gasteiger partial charge on any atom is -0.438 e. The second kappa shape index (κ2) is 10.1. The predicted octanol–water partition coefficient (Wildman–Crippen LogP) is 6.56. The van der Waals surface area contributed by atoms with Crippen LogP contribution in [0.15, 0.2) is 104 Å². The lowest BCUT2D eigenvalue weighted by atomic mass is 10.0. The molecule has 0 bridgehead atoms. The third-order valence-electron chi connectivity index (χ3n) is 5.85. The van der Waals surface area contributed by atoms with Gasteiger partial charge in [0.15, 0.2) is 0 Å². The number of rotatable bonds is 7. The summed E-state index contributed by atoms with van der Waals surface area (Å²) in [7, 11) is 0. The molecule has 3 aromatic carbocycles. The van der Waals surface area contributed by atoms with Crippen molar-refractivity contribution in [3.05, 3.63) is 132 Å². The summed E-state index contributed by atoms with van der Waals surface area (Å²) in [5, 5.41) is 8.99. The minimum atomic E-state index is 0.553. The number of aryl methyl sites for hydroxylation is 1. The number of imidazole rings is 1. The molecule has 2 heterocycles. The Bertz CT molecular complexity index is 1480. The van der Waals surface area contributed by atoms with Crippen molar-refractivity contribution in [2.75, 3.05) is 0 Å². The van der Waals surface area contributed by atoms with Crippen LogP contribution in [0.3, 0.4) is 0 Å². The fraction of sp³-hybridized carbons (Fsp3) is 0.100. The van der Waals surface area contributed by atoms with Crippen LogP contribution in [-0.4, -0.2) is 14.5 Å². The first-order valence-electron chi connectivity index (χ1n) is 11.4. The van der Waals surface area contributed by atoms with Crippen LogP contribution in [-0.2, 0) is 13.0 Å². The summed E-state index contributed by atoms with van der Waals surface area (Å²) in [6.45, 7) is 2.75. The fourth-order valence-electron chi connectivity index (χ4n) is 4.02. The van der Waals surface area contributed by atoms with Crippen LogP contribution in [0.1, 0.15) is 27.9 Å². The largest absolute Gasteiger partial charge is 0.438 e. The molecular formula is C30H24N4O. The zero-order valence-corrected chi connectivity index (χ0v) is 19.4. The molecule has 0 aliphatic rings. The monoisotopic (exact) mass is 456 g/mol. The highest BCUT2D eigenvalue weighted by Crippen LogP contribution is 2.33. The number of benzene rings is 3. The van der Waals surface area contributed by atoms with Gasteiger partial charge in [0, 0.05) is 36.1 Å². The zero-order valence-electron chi connectivity index (χ0n) is 19.4.